The number of aliphatic carboxylic acids is 1. The van der Waals surface area contributed by atoms with Crippen molar-refractivity contribution in [3.63, 3.8) is 0 Å². The highest BCUT2D eigenvalue weighted by atomic mass is 16.4. The Kier molecular flexibility index (Phi) is 3.19. The molecule has 0 aliphatic carbocycles. The van der Waals surface area contributed by atoms with Gasteiger partial charge in [0.25, 0.3) is 0 Å². The fraction of sp³-hybridized carbons (Fsp3) is 0.600. The molecule has 0 heterocycles. The van der Waals surface area contributed by atoms with Gasteiger partial charge in [0.05, 0.1) is 12.5 Å². The Morgan fingerprint density at radius 3 is 2.50 bits per heavy atom. The van der Waals surface area contributed by atoms with Crippen LogP contribution in [0.2, 0.25) is 0 Å². The molecule has 1 radical (unpaired) electrons. The van der Waals surface area contributed by atoms with Crippen molar-refractivity contribution in [3.8, 4) is 0 Å². The van der Waals surface area contributed by atoms with Crippen LogP contribution in [0.4, 0.5) is 0 Å². The molecule has 0 spiro atoms. The first kappa shape index (κ1) is 7.43. The SMILES string of the molecule is CC(C[CH]O)C(=O)O. The molecule has 0 aliphatic rings. The van der Waals surface area contributed by atoms with Gasteiger partial charge in [0.1, 0.15) is 0 Å². The maximum Gasteiger partial charge on any atom is 0.306 e. The van der Waals surface area contributed by atoms with Crippen LogP contribution >= 0.6 is 0 Å². The lowest BCUT2D eigenvalue weighted by Crippen LogP contribution is -2.08. The Balaban J connectivity index is 3.32. The van der Waals surface area contributed by atoms with E-state index < -0.39 is 11.9 Å². The molecular formula is C5H9O3. The molecular weight excluding hydrogens is 108 g/mol. The van der Waals surface area contributed by atoms with E-state index in [1.165, 1.54) is 6.92 Å². The molecule has 8 heavy (non-hydrogen) atoms. The molecule has 0 fully saturated rings. The molecule has 2 N–H and O–H groups in total. The largest absolute Gasteiger partial charge is 0.481 e. The first-order chi connectivity index (χ1) is 3.68. The van der Waals surface area contributed by atoms with Crippen molar-refractivity contribution < 1.29 is 15.0 Å². The minimum Gasteiger partial charge on any atom is -0.481 e. The highest BCUT2D eigenvalue weighted by molar-refractivity contribution is 5.69. The number of carboxylic acids is 1. The van der Waals surface area contributed by atoms with Gasteiger partial charge in [0.2, 0.25) is 0 Å². The van der Waals surface area contributed by atoms with E-state index >= 15 is 0 Å². The summed E-state index contributed by atoms with van der Waals surface area (Å²) in [5.41, 5.74) is 0. The van der Waals surface area contributed by atoms with E-state index in [2.05, 4.69) is 0 Å². The van der Waals surface area contributed by atoms with Crippen LogP contribution in [0.5, 0.6) is 0 Å². The number of hydrogen-bond donors (Lipinski definition) is 2. The van der Waals surface area contributed by atoms with Gasteiger partial charge in [-0.2, -0.15) is 0 Å². The van der Waals surface area contributed by atoms with Gasteiger partial charge >= 0.3 is 5.97 Å². The van der Waals surface area contributed by atoms with Crippen LogP contribution in [0.3, 0.4) is 0 Å². The maximum absolute atomic E-state index is 9.96. The smallest absolute Gasteiger partial charge is 0.306 e. The molecule has 1 atom stereocenters. The second kappa shape index (κ2) is 3.43. The van der Waals surface area contributed by atoms with Crippen molar-refractivity contribution >= 4 is 5.97 Å². The summed E-state index contributed by atoms with van der Waals surface area (Å²) in [4.78, 5) is 9.96. The molecule has 0 aromatic rings. The van der Waals surface area contributed by atoms with Gasteiger partial charge < -0.3 is 10.2 Å². The van der Waals surface area contributed by atoms with E-state index in [9.17, 15) is 4.79 Å². The number of carbonyl (C=O) groups is 1. The van der Waals surface area contributed by atoms with E-state index in [4.69, 9.17) is 10.2 Å². The van der Waals surface area contributed by atoms with Crippen molar-refractivity contribution in [1.82, 2.24) is 0 Å². The zero-order valence-corrected chi connectivity index (χ0v) is 4.66. The standard InChI is InChI=1S/C5H9O3/c1-4(2-3-6)5(7)8/h3-4,6H,2H2,1H3,(H,7,8). The lowest BCUT2D eigenvalue weighted by Gasteiger charge is -1.99. The quantitative estimate of drug-likeness (QED) is 0.570. The second-order valence-corrected chi connectivity index (χ2v) is 1.66. The minimum atomic E-state index is -0.879. The number of rotatable bonds is 3. The van der Waals surface area contributed by atoms with Gasteiger partial charge in [0.15, 0.2) is 0 Å². The molecule has 1 unspecified atom stereocenters. The summed E-state index contributed by atoms with van der Waals surface area (Å²) in [6, 6.07) is 0. The first-order valence-corrected chi connectivity index (χ1v) is 2.37. The van der Waals surface area contributed by atoms with Crippen LogP contribution in [0.25, 0.3) is 0 Å². The zero-order chi connectivity index (χ0) is 6.57. The molecule has 0 aromatic heterocycles. The monoisotopic (exact) mass is 117 g/mol. The third-order valence-corrected chi connectivity index (χ3v) is 0.881. The molecule has 0 saturated carbocycles. The molecule has 47 valence electrons. The van der Waals surface area contributed by atoms with Gasteiger partial charge in [-0.1, -0.05) is 6.92 Å². The fourth-order valence-corrected chi connectivity index (χ4v) is 0.259. The van der Waals surface area contributed by atoms with Crippen molar-refractivity contribution in [3.05, 3.63) is 6.61 Å². The zero-order valence-electron chi connectivity index (χ0n) is 4.66. The fourth-order valence-electron chi connectivity index (χ4n) is 0.259. The molecule has 0 saturated heterocycles. The molecule has 0 rings (SSSR count). The van der Waals surface area contributed by atoms with Gasteiger partial charge in [0, 0.05) is 0 Å². The molecule has 3 heteroatoms. The highest BCUT2D eigenvalue weighted by Gasteiger charge is 2.08. The van der Waals surface area contributed by atoms with Gasteiger partial charge in [-0.3, -0.25) is 4.79 Å². The van der Waals surface area contributed by atoms with Crippen LogP contribution in [0, 0.1) is 12.5 Å². The minimum absolute atomic E-state index is 0.218. The van der Waals surface area contributed by atoms with Gasteiger partial charge in [-0.05, 0) is 6.42 Å². The average Bonchev–Trinajstić information content (AvgIpc) is 1.67. The number of carboxylic acid groups (broad SMARTS) is 1. The number of hydrogen-bond acceptors (Lipinski definition) is 2. The maximum atomic E-state index is 9.96. The summed E-state index contributed by atoms with van der Waals surface area (Å²) in [7, 11) is 0. The Labute approximate surface area is 47.9 Å². The predicted molar refractivity (Wildman–Crippen MR) is 27.7 cm³/mol. The summed E-state index contributed by atoms with van der Waals surface area (Å²) in [6.07, 6.45) is 0.218. The van der Waals surface area contributed by atoms with Crippen molar-refractivity contribution in [2.24, 2.45) is 5.92 Å². The molecule has 0 bridgehead atoms. The molecule has 0 amide bonds. The summed E-state index contributed by atoms with van der Waals surface area (Å²) < 4.78 is 0. The third-order valence-electron chi connectivity index (χ3n) is 0.881. The molecule has 3 nitrogen and oxygen atoms in total. The van der Waals surface area contributed by atoms with E-state index in [1.807, 2.05) is 0 Å². The topological polar surface area (TPSA) is 57.5 Å². The first-order valence-electron chi connectivity index (χ1n) is 2.37. The molecule has 0 aliphatic heterocycles. The Morgan fingerprint density at radius 2 is 2.38 bits per heavy atom. The van der Waals surface area contributed by atoms with E-state index in [0.29, 0.717) is 0 Å². The lowest BCUT2D eigenvalue weighted by atomic mass is 10.1. The van der Waals surface area contributed by atoms with E-state index in [0.717, 1.165) is 6.61 Å². The number of aliphatic hydroxyl groups is 1. The van der Waals surface area contributed by atoms with Crippen molar-refractivity contribution in [2.45, 2.75) is 13.3 Å². The van der Waals surface area contributed by atoms with Crippen molar-refractivity contribution in [1.29, 1.82) is 0 Å². The van der Waals surface area contributed by atoms with Crippen LogP contribution in [-0.4, -0.2) is 16.2 Å². The summed E-state index contributed by atoms with van der Waals surface area (Å²) in [6.45, 7) is 2.40. The van der Waals surface area contributed by atoms with E-state index in [1.54, 1.807) is 0 Å². The Hall–Kier alpha value is -0.570. The van der Waals surface area contributed by atoms with Gasteiger partial charge in [-0.25, -0.2) is 0 Å². The normalized spacial score (nSPS) is 13.2. The predicted octanol–water partition coefficient (Wildman–Crippen LogP) is 0.631. The Bertz CT molecular complexity index is 79.7. The summed E-state index contributed by atoms with van der Waals surface area (Å²) >= 11 is 0. The van der Waals surface area contributed by atoms with Crippen LogP contribution in [0.1, 0.15) is 13.3 Å². The summed E-state index contributed by atoms with van der Waals surface area (Å²) in [5, 5.41) is 16.3. The second-order valence-electron chi connectivity index (χ2n) is 1.66. The van der Waals surface area contributed by atoms with Crippen LogP contribution < -0.4 is 0 Å². The Morgan fingerprint density at radius 1 is 1.88 bits per heavy atom. The number of aliphatic hydroxyl groups excluding tert-OH is 1. The van der Waals surface area contributed by atoms with Crippen LogP contribution in [0.15, 0.2) is 0 Å². The van der Waals surface area contributed by atoms with E-state index in [-0.39, 0.29) is 6.42 Å². The third kappa shape index (κ3) is 2.58. The lowest BCUT2D eigenvalue weighted by molar-refractivity contribution is -0.141. The van der Waals surface area contributed by atoms with Crippen molar-refractivity contribution in [2.75, 3.05) is 0 Å². The van der Waals surface area contributed by atoms with Crippen LogP contribution in [-0.2, 0) is 4.79 Å². The highest BCUT2D eigenvalue weighted by Crippen LogP contribution is 2.01. The van der Waals surface area contributed by atoms with Gasteiger partial charge in [-0.15, -0.1) is 0 Å². The average molecular weight is 117 g/mol. The summed E-state index contributed by atoms with van der Waals surface area (Å²) in [5.74, 6) is -1.35. The molecule has 0 aromatic carbocycles.